The van der Waals surface area contributed by atoms with E-state index >= 15 is 0 Å². The molecular formula is C11H15F2N. The van der Waals surface area contributed by atoms with Crippen molar-refractivity contribution < 1.29 is 8.78 Å². The van der Waals surface area contributed by atoms with Crippen molar-refractivity contribution in [2.75, 3.05) is 13.1 Å². The summed E-state index contributed by atoms with van der Waals surface area (Å²) in [6, 6.07) is 3.66. The van der Waals surface area contributed by atoms with Crippen LogP contribution in [0.2, 0.25) is 0 Å². The van der Waals surface area contributed by atoms with Gasteiger partial charge in [0.1, 0.15) is 11.6 Å². The number of aryl methyl sites for hydroxylation is 1. The Morgan fingerprint density at radius 2 is 1.79 bits per heavy atom. The maximum atomic E-state index is 12.7. The van der Waals surface area contributed by atoms with Gasteiger partial charge in [0.25, 0.3) is 0 Å². The smallest absolute Gasteiger partial charge is 0.126 e. The lowest BCUT2D eigenvalue weighted by Crippen LogP contribution is -2.14. The summed E-state index contributed by atoms with van der Waals surface area (Å²) in [5, 5.41) is 3.16. The van der Waals surface area contributed by atoms with Gasteiger partial charge in [-0.3, -0.25) is 0 Å². The zero-order valence-electron chi connectivity index (χ0n) is 8.32. The molecule has 0 unspecified atom stereocenters. The maximum Gasteiger partial charge on any atom is 0.126 e. The molecule has 1 aromatic carbocycles. The lowest BCUT2D eigenvalue weighted by atomic mass is 10.1. The minimum absolute atomic E-state index is 0.497. The van der Waals surface area contributed by atoms with Gasteiger partial charge in [-0.05, 0) is 43.6 Å². The predicted molar refractivity (Wildman–Crippen MR) is 53.2 cm³/mol. The topological polar surface area (TPSA) is 12.0 Å². The molecule has 0 atom stereocenters. The number of halogens is 2. The fourth-order valence-electron chi connectivity index (χ4n) is 1.35. The highest BCUT2D eigenvalue weighted by Gasteiger charge is 1.99. The zero-order valence-corrected chi connectivity index (χ0v) is 8.32. The molecule has 0 aliphatic rings. The van der Waals surface area contributed by atoms with Crippen LogP contribution in [-0.2, 0) is 6.42 Å². The van der Waals surface area contributed by atoms with Crippen molar-refractivity contribution in [3.05, 3.63) is 35.4 Å². The highest BCUT2D eigenvalue weighted by atomic mass is 19.1. The van der Waals surface area contributed by atoms with E-state index in [2.05, 4.69) is 5.32 Å². The molecule has 0 radical (unpaired) electrons. The van der Waals surface area contributed by atoms with E-state index in [9.17, 15) is 8.78 Å². The van der Waals surface area contributed by atoms with Gasteiger partial charge < -0.3 is 5.32 Å². The van der Waals surface area contributed by atoms with Gasteiger partial charge >= 0.3 is 0 Å². The Hall–Kier alpha value is -0.960. The van der Waals surface area contributed by atoms with Crippen molar-refractivity contribution in [2.45, 2.75) is 19.8 Å². The quantitative estimate of drug-likeness (QED) is 0.718. The summed E-state index contributed by atoms with van der Waals surface area (Å²) in [5.41, 5.74) is 0.723. The van der Waals surface area contributed by atoms with Crippen molar-refractivity contribution in [1.82, 2.24) is 5.32 Å². The first-order valence-corrected chi connectivity index (χ1v) is 4.88. The Labute approximate surface area is 83.1 Å². The highest BCUT2D eigenvalue weighted by molar-refractivity contribution is 5.17. The molecule has 1 N–H and O–H groups in total. The first-order chi connectivity index (χ1) is 6.72. The molecule has 0 spiro atoms. The number of rotatable bonds is 5. The molecule has 0 saturated heterocycles. The molecule has 0 aliphatic carbocycles. The van der Waals surface area contributed by atoms with Crippen molar-refractivity contribution in [2.24, 2.45) is 0 Å². The average molecular weight is 199 g/mol. The molecule has 1 nitrogen and oxygen atoms in total. The monoisotopic (exact) mass is 199 g/mol. The third kappa shape index (κ3) is 3.83. The molecule has 1 rings (SSSR count). The molecule has 0 aliphatic heterocycles. The Balaban J connectivity index is 2.42. The second-order valence-corrected chi connectivity index (χ2v) is 3.23. The second-order valence-electron chi connectivity index (χ2n) is 3.23. The van der Waals surface area contributed by atoms with Gasteiger partial charge in [-0.15, -0.1) is 0 Å². The van der Waals surface area contributed by atoms with E-state index in [1.807, 2.05) is 6.92 Å². The molecule has 3 heteroatoms. The summed E-state index contributed by atoms with van der Waals surface area (Å²) in [4.78, 5) is 0. The van der Waals surface area contributed by atoms with Crippen LogP contribution >= 0.6 is 0 Å². The molecule has 0 amide bonds. The average Bonchev–Trinajstić information content (AvgIpc) is 2.11. The van der Waals surface area contributed by atoms with Gasteiger partial charge in [-0.2, -0.15) is 0 Å². The van der Waals surface area contributed by atoms with Crippen LogP contribution in [0, 0.1) is 11.6 Å². The third-order valence-electron chi connectivity index (χ3n) is 1.99. The third-order valence-corrected chi connectivity index (χ3v) is 1.99. The molecule has 14 heavy (non-hydrogen) atoms. The van der Waals surface area contributed by atoms with Crippen LogP contribution in [0.3, 0.4) is 0 Å². The van der Waals surface area contributed by atoms with Gasteiger partial charge in [0, 0.05) is 6.07 Å². The number of benzene rings is 1. The molecule has 0 aromatic heterocycles. The minimum atomic E-state index is -0.497. The fraction of sp³-hybridized carbons (Fsp3) is 0.455. The van der Waals surface area contributed by atoms with Gasteiger partial charge in [-0.25, -0.2) is 8.78 Å². The van der Waals surface area contributed by atoms with E-state index in [1.165, 1.54) is 12.1 Å². The summed E-state index contributed by atoms with van der Waals surface area (Å²) in [7, 11) is 0. The van der Waals surface area contributed by atoms with Crippen molar-refractivity contribution in [3.8, 4) is 0 Å². The Morgan fingerprint density at radius 3 is 2.36 bits per heavy atom. The van der Waals surface area contributed by atoms with E-state index in [0.717, 1.165) is 31.1 Å². The molecule has 0 fully saturated rings. The van der Waals surface area contributed by atoms with Crippen LogP contribution in [0.25, 0.3) is 0 Å². The van der Waals surface area contributed by atoms with E-state index in [1.54, 1.807) is 0 Å². The predicted octanol–water partition coefficient (Wildman–Crippen LogP) is 2.51. The van der Waals surface area contributed by atoms with Gasteiger partial charge in [-0.1, -0.05) is 6.92 Å². The summed E-state index contributed by atoms with van der Waals surface area (Å²) in [6.45, 7) is 3.84. The molecule has 0 bridgehead atoms. The largest absolute Gasteiger partial charge is 0.317 e. The fourth-order valence-corrected chi connectivity index (χ4v) is 1.35. The van der Waals surface area contributed by atoms with Crippen LogP contribution < -0.4 is 5.32 Å². The SMILES string of the molecule is CCNCCCc1cc(F)cc(F)c1. The zero-order chi connectivity index (χ0) is 10.4. The summed E-state index contributed by atoms with van der Waals surface area (Å²) in [5.74, 6) is -0.994. The highest BCUT2D eigenvalue weighted by Crippen LogP contribution is 2.09. The molecular weight excluding hydrogens is 184 g/mol. The van der Waals surface area contributed by atoms with E-state index < -0.39 is 11.6 Å². The summed E-state index contributed by atoms with van der Waals surface area (Å²) >= 11 is 0. The van der Waals surface area contributed by atoms with Crippen molar-refractivity contribution in [1.29, 1.82) is 0 Å². The van der Waals surface area contributed by atoms with E-state index in [-0.39, 0.29) is 0 Å². The van der Waals surface area contributed by atoms with Gasteiger partial charge in [0.15, 0.2) is 0 Å². The minimum Gasteiger partial charge on any atom is -0.317 e. The van der Waals surface area contributed by atoms with Crippen LogP contribution in [0.4, 0.5) is 8.78 Å². The summed E-state index contributed by atoms with van der Waals surface area (Å²) in [6.07, 6.45) is 1.61. The van der Waals surface area contributed by atoms with Crippen molar-refractivity contribution in [3.63, 3.8) is 0 Å². The van der Waals surface area contributed by atoms with Crippen LogP contribution in [0.1, 0.15) is 18.9 Å². The Morgan fingerprint density at radius 1 is 1.14 bits per heavy atom. The molecule has 0 heterocycles. The molecule has 0 saturated carbocycles. The lowest BCUT2D eigenvalue weighted by molar-refractivity contribution is 0.577. The Kier molecular flexibility index (Phi) is 4.53. The molecule has 1 aromatic rings. The first kappa shape index (κ1) is 11.1. The second kappa shape index (κ2) is 5.70. The van der Waals surface area contributed by atoms with Crippen LogP contribution in [0.15, 0.2) is 18.2 Å². The normalized spacial score (nSPS) is 10.5. The van der Waals surface area contributed by atoms with Gasteiger partial charge in [0.05, 0.1) is 0 Å². The number of hydrogen-bond donors (Lipinski definition) is 1. The van der Waals surface area contributed by atoms with Crippen LogP contribution in [0.5, 0.6) is 0 Å². The lowest BCUT2D eigenvalue weighted by Gasteiger charge is -2.02. The standard InChI is InChI=1S/C11H15F2N/c1-2-14-5-3-4-9-6-10(12)8-11(13)7-9/h6-8,14H,2-5H2,1H3. The van der Waals surface area contributed by atoms with E-state index in [0.29, 0.717) is 6.42 Å². The Bertz CT molecular complexity index is 266. The number of hydrogen-bond acceptors (Lipinski definition) is 1. The maximum absolute atomic E-state index is 12.7. The molecule has 78 valence electrons. The van der Waals surface area contributed by atoms with E-state index in [4.69, 9.17) is 0 Å². The van der Waals surface area contributed by atoms with Crippen LogP contribution in [-0.4, -0.2) is 13.1 Å². The van der Waals surface area contributed by atoms with Gasteiger partial charge in [0.2, 0.25) is 0 Å². The first-order valence-electron chi connectivity index (χ1n) is 4.88. The van der Waals surface area contributed by atoms with Crippen molar-refractivity contribution >= 4 is 0 Å². The summed E-state index contributed by atoms with van der Waals surface area (Å²) < 4.78 is 25.5. The number of nitrogens with one attached hydrogen (secondary N) is 1.